The van der Waals surface area contributed by atoms with E-state index in [0.29, 0.717) is 0 Å². The van der Waals surface area contributed by atoms with E-state index in [4.69, 9.17) is 19.2 Å². The van der Waals surface area contributed by atoms with Gasteiger partial charge >= 0.3 is 46.8 Å². The number of hydrogen-bond donors (Lipinski definition) is 4. The maximum absolute atomic E-state index is 7.33. The Morgan fingerprint density at radius 2 is 0.375 bits per heavy atom. The fraction of sp³-hybridized carbons (Fsp3) is 0. The molecule has 0 saturated heterocycles. The van der Waals surface area contributed by atoms with Gasteiger partial charge in [-0.2, -0.15) is 0 Å². The van der Waals surface area contributed by atoms with Crippen LogP contribution >= 0.6 is 0 Å². The zero-order chi connectivity index (χ0) is 4.50. The molecule has 116 valence electrons. The molecule has 0 radical (unpaired) electrons. The van der Waals surface area contributed by atoms with Crippen LogP contribution in [0.2, 0.25) is 0 Å². The molecule has 0 aliphatic rings. The monoisotopic (exact) mass is 318 g/mol. The molecule has 0 aromatic heterocycles. The number of hydrogen-bond acceptors (Lipinski definition) is 4. The molecule has 14 nitrogen and oxygen atoms in total. The van der Waals surface area contributed by atoms with Crippen LogP contribution in [-0.2, 0) is 0 Å². The van der Waals surface area contributed by atoms with Crippen molar-refractivity contribution in [3.05, 3.63) is 0 Å². The Bertz CT molecular complexity index is 26.2. The van der Waals surface area contributed by atoms with Crippen molar-refractivity contribution in [3.8, 4) is 0 Å². The Balaban J connectivity index is -0.00000000145. The van der Waals surface area contributed by atoms with Crippen molar-refractivity contribution in [2.45, 2.75) is 0 Å². The van der Waals surface area contributed by atoms with Crippen LogP contribution in [0, 0.1) is 0 Å². The molecule has 0 aliphatic carbocycles. The molecule has 16 heavy (non-hydrogen) atoms. The van der Waals surface area contributed by atoms with Crippen LogP contribution < -0.4 is 0 Å². The molecule has 0 rings (SSSR count). The Kier molecular flexibility index (Phi) is 820. The van der Waals surface area contributed by atoms with E-state index < -0.39 is 9.05 Å². The summed E-state index contributed by atoms with van der Waals surface area (Å²) in [5.74, 6) is 0. The first-order valence-electron chi connectivity index (χ1n) is 0.894. The molecule has 0 aliphatic heterocycles. The second-order valence-electron chi connectivity index (χ2n) is 0.600. The van der Waals surface area contributed by atoms with E-state index in [2.05, 4.69) is 0 Å². The minimum absolute atomic E-state index is 0. The predicted octanol–water partition coefficient (Wildman–Crippen LogP) is -11.8. The van der Waals surface area contributed by atoms with Crippen molar-refractivity contribution >= 4 is 46.8 Å². The number of rotatable bonds is 0. The predicted molar refractivity (Wildman–Crippen MR) is 59.3 cm³/mol. The summed E-state index contributed by atoms with van der Waals surface area (Å²) in [7, 11) is -4.61. The van der Waals surface area contributed by atoms with E-state index in [9.17, 15) is 0 Å². The van der Waals surface area contributed by atoms with Gasteiger partial charge in [0.05, 0.1) is 0 Å². The maximum atomic E-state index is 7.33. The van der Waals surface area contributed by atoms with Crippen molar-refractivity contribution in [1.29, 1.82) is 0 Å². The van der Waals surface area contributed by atoms with Gasteiger partial charge in [0, 0.05) is 0 Å². The van der Waals surface area contributed by atoms with Crippen molar-refractivity contribution < 1.29 is 73.9 Å². The molecule has 0 unspecified atom stereocenters. The second kappa shape index (κ2) is 74.0. The summed E-state index contributed by atoms with van der Waals surface area (Å²) < 4.78 is 0. The molecular formula is H26CaO14Si. The van der Waals surface area contributed by atoms with E-state index in [1.807, 2.05) is 0 Å². The van der Waals surface area contributed by atoms with E-state index in [-0.39, 0.29) is 92.5 Å². The van der Waals surface area contributed by atoms with E-state index in [1.54, 1.807) is 0 Å². The molecule has 16 heteroatoms. The fourth-order valence-corrected chi connectivity index (χ4v) is 0. The third-order valence-electron chi connectivity index (χ3n) is 0. The molecular weight excluding hydrogens is 292 g/mol. The van der Waals surface area contributed by atoms with Crippen molar-refractivity contribution in [3.63, 3.8) is 0 Å². The van der Waals surface area contributed by atoms with Crippen LogP contribution in [0.3, 0.4) is 0 Å². The van der Waals surface area contributed by atoms with Crippen molar-refractivity contribution in [2.75, 3.05) is 0 Å². The fourth-order valence-electron chi connectivity index (χ4n) is 0. The summed E-state index contributed by atoms with van der Waals surface area (Å²) in [6.07, 6.45) is 0. The quantitative estimate of drug-likeness (QED) is 0.315. The van der Waals surface area contributed by atoms with Crippen LogP contribution in [0.5, 0.6) is 0 Å². The first-order chi connectivity index (χ1) is 2.00. The molecule has 0 spiro atoms. The van der Waals surface area contributed by atoms with Crippen molar-refractivity contribution in [1.82, 2.24) is 0 Å². The van der Waals surface area contributed by atoms with Crippen LogP contribution in [-0.4, -0.2) is 121 Å². The summed E-state index contributed by atoms with van der Waals surface area (Å²) in [5, 5.41) is 0. The van der Waals surface area contributed by atoms with Gasteiger partial charge in [-0.1, -0.05) is 0 Å². The third-order valence-corrected chi connectivity index (χ3v) is 0. The summed E-state index contributed by atoms with van der Waals surface area (Å²) >= 11 is 0. The Hall–Kier alpha value is 0.917. The summed E-state index contributed by atoms with van der Waals surface area (Å²) in [6, 6.07) is 0. The molecule has 0 fully saturated rings. The van der Waals surface area contributed by atoms with E-state index in [0.717, 1.165) is 0 Å². The first-order valence-corrected chi connectivity index (χ1v) is 2.68. The zero-order valence-electron chi connectivity index (χ0n) is 7.29. The molecule has 0 bridgehead atoms. The minimum atomic E-state index is -4.61. The average Bonchev–Trinajstić information content (AvgIpc) is 0.722. The average molecular weight is 318 g/mol. The van der Waals surface area contributed by atoms with Crippen LogP contribution in [0.4, 0.5) is 0 Å². The summed E-state index contributed by atoms with van der Waals surface area (Å²) in [4.78, 5) is 29.3. The van der Waals surface area contributed by atoms with Crippen LogP contribution in [0.15, 0.2) is 0 Å². The van der Waals surface area contributed by atoms with E-state index >= 15 is 0 Å². The first kappa shape index (κ1) is 177. The van der Waals surface area contributed by atoms with Gasteiger partial charge in [0.15, 0.2) is 0 Å². The van der Waals surface area contributed by atoms with Gasteiger partial charge in [0.2, 0.25) is 0 Å². The second-order valence-corrected chi connectivity index (χ2v) is 1.80. The van der Waals surface area contributed by atoms with Gasteiger partial charge in [-0.05, 0) is 0 Å². The third kappa shape index (κ3) is 3440. The zero-order valence-corrected chi connectivity index (χ0v) is 8.29. The Morgan fingerprint density at radius 3 is 0.375 bits per heavy atom. The van der Waals surface area contributed by atoms with Crippen LogP contribution in [0.25, 0.3) is 0 Å². The standard InChI is InChI=1S/Ca.H4O4Si.10H2O.2H/c;1-5(2,3)4;;;;;;;;;;;;/h;1-4H;10*1H2;;. The molecule has 0 heterocycles. The van der Waals surface area contributed by atoms with Crippen LogP contribution in [0.1, 0.15) is 0 Å². The summed E-state index contributed by atoms with van der Waals surface area (Å²) in [5.41, 5.74) is 0. The molecule has 0 aromatic rings. The van der Waals surface area contributed by atoms with Gasteiger partial charge < -0.3 is 73.9 Å². The van der Waals surface area contributed by atoms with Gasteiger partial charge in [-0.3, -0.25) is 0 Å². The Labute approximate surface area is 120 Å². The van der Waals surface area contributed by atoms with Gasteiger partial charge in [-0.25, -0.2) is 0 Å². The molecule has 0 saturated carbocycles. The molecule has 0 amide bonds. The normalized spacial score (nSPS) is 3.75. The van der Waals surface area contributed by atoms with Gasteiger partial charge in [-0.15, -0.1) is 0 Å². The molecule has 0 atom stereocenters. The Morgan fingerprint density at radius 1 is 0.375 bits per heavy atom. The van der Waals surface area contributed by atoms with Crippen molar-refractivity contribution in [2.24, 2.45) is 0 Å². The van der Waals surface area contributed by atoms with Gasteiger partial charge in [0.1, 0.15) is 0 Å². The topological polar surface area (TPSA) is 396 Å². The molecule has 0 aromatic carbocycles. The SMILES string of the molecule is O.O.O.O.O.O.O.O.O.O.O[Si](O)(O)O.[CaH2]. The van der Waals surface area contributed by atoms with E-state index in [1.165, 1.54) is 0 Å². The summed E-state index contributed by atoms with van der Waals surface area (Å²) in [6.45, 7) is 0. The van der Waals surface area contributed by atoms with Gasteiger partial charge in [0.25, 0.3) is 0 Å². The molecule has 24 N–H and O–H groups in total.